The minimum Gasteiger partial charge on any atom is -0.444 e. The van der Waals surface area contributed by atoms with Crippen LogP contribution in [0.2, 0.25) is 0 Å². The molecule has 0 bridgehead atoms. The van der Waals surface area contributed by atoms with Crippen molar-refractivity contribution in [2.45, 2.75) is 58.6 Å². The lowest BCUT2D eigenvalue weighted by atomic mass is 9.93. The van der Waals surface area contributed by atoms with Crippen LogP contribution in [0.15, 0.2) is 60.8 Å². The Kier molecular flexibility index (Phi) is 9.37. The van der Waals surface area contributed by atoms with Crippen LogP contribution < -0.4 is 0 Å². The van der Waals surface area contributed by atoms with E-state index in [0.29, 0.717) is 48.5 Å². The number of amides is 2. The molecular weight excluding hydrogens is 600 g/mol. The fraction of sp³-hybridized carbons (Fsp3) is 0.364. The molecule has 2 amide bonds. The molecule has 1 aliphatic heterocycles. The molecule has 1 aromatic heterocycles. The third-order valence-corrected chi connectivity index (χ3v) is 7.17. The lowest BCUT2D eigenvalue weighted by Gasteiger charge is -2.29. The van der Waals surface area contributed by atoms with Gasteiger partial charge in [0.25, 0.3) is 5.91 Å². The summed E-state index contributed by atoms with van der Waals surface area (Å²) in [4.78, 5) is 33.3. The SMILES string of the molecule is Cc1ccccc1-c1cc(C2=CCN(C(=O)OC(C)(C)C)CC2)ncc1C(=O)N(C)Cc1cc(C(F)(F)F)cc(C(F)(F)F)c1. The number of hydrogen-bond acceptors (Lipinski definition) is 4. The molecule has 0 N–H and O–H groups in total. The predicted molar refractivity (Wildman–Crippen MR) is 157 cm³/mol. The molecule has 4 rings (SSSR count). The second-order valence-corrected chi connectivity index (χ2v) is 11.9. The molecule has 2 aromatic carbocycles. The molecule has 0 spiro atoms. The van der Waals surface area contributed by atoms with E-state index in [-0.39, 0.29) is 17.2 Å². The van der Waals surface area contributed by atoms with Gasteiger partial charge in [0, 0.05) is 32.9 Å². The van der Waals surface area contributed by atoms with Crippen molar-refractivity contribution in [3.8, 4) is 11.1 Å². The third-order valence-electron chi connectivity index (χ3n) is 7.17. The topological polar surface area (TPSA) is 62.7 Å². The van der Waals surface area contributed by atoms with Crippen molar-refractivity contribution < 1.29 is 40.7 Å². The number of rotatable bonds is 5. The first-order valence-electron chi connectivity index (χ1n) is 14.1. The average molecular weight is 634 g/mol. The Bertz CT molecular complexity index is 1590. The summed E-state index contributed by atoms with van der Waals surface area (Å²) < 4.78 is 85.9. The number of pyridine rings is 1. The van der Waals surface area contributed by atoms with E-state index < -0.39 is 47.6 Å². The van der Waals surface area contributed by atoms with E-state index in [0.717, 1.165) is 16.0 Å². The smallest absolute Gasteiger partial charge is 0.416 e. The zero-order valence-corrected chi connectivity index (χ0v) is 25.4. The number of aromatic nitrogens is 1. The molecule has 3 aromatic rings. The van der Waals surface area contributed by atoms with E-state index in [4.69, 9.17) is 4.74 Å². The van der Waals surface area contributed by atoms with Crippen molar-refractivity contribution in [3.05, 3.63) is 94.3 Å². The Hall–Kier alpha value is -4.35. The second-order valence-electron chi connectivity index (χ2n) is 11.9. The molecule has 12 heteroatoms. The number of ether oxygens (including phenoxy) is 1. The fourth-order valence-corrected chi connectivity index (χ4v) is 4.96. The van der Waals surface area contributed by atoms with Crippen LogP contribution in [-0.2, 0) is 23.6 Å². The van der Waals surface area contributed by atoms with Crippen molar-refractivity contribution in [2.24, 2.45) is 0 Å². The lowest BCUT2D eigenvalue weighted by Crippen LogP contribution is -2.39. The Morgan fingerprint density at radius 3 is 2.09 bits per heavy atom. The van der Waals surface area contributed by atoms with Crippen LogP contribution in [0.4, 0.5) is 31.1 Å². The Morgan fingerprint density at radius 1 is 0.933 bits per heavy atom. The van der Waals surface area contributed by atoms with Crippen LogP contribution in [0.1, 0.15) is 65.5 Å². The van der Waals surface area contributed by atoms with Crippen molar-refractivity contribution in [2.75, 3.05) is 20.1 Å². The highest BCUT2D eigenvalue weighted by atomic mass is 19.4. The summed E-state index contributed by atoms with van der Waals surface area (Å²) in [6.07, 6.45) is -6.74. The van der Waals surface area contributed by atoms with Crippen molar-refractivity contribution in [1.29, 1.82) is 0 Å². The van der Waals surface area contributed by atoms with Crippen LogP contribution in [0, 0.1) is 6.92 Å². The maximum Gasteiger partial charge on any atom is 0.416 e. The van der Waals surface area contributed by atoms with Gasteiger partial charge in [-0.25, -0.2) is 4.79 Å². The zero-order valence-electron chi connectivity index (χ0n) is 25.4. The number of benzene rings is 2. The number of carbonyl (C=O) groups is 2. The van der Waals surface area contributed by atoms with Crippen molar-refractivity contribution >= 4 is 17.6 Å². The van der Waals surface area contributed by atoms with Crippen LogP contribution >= 0.6 is 0 Å². The van der Waals surface area contributed by atoms with Gasteiger partial charge in [0.2, 0.25) is 0 Å². The summed E-state index contributed by atoms with van der Waals surface area (Å²) in [5.74, 6) is -0.632. The summed E-state index contributed by atoms with van der Waals surface area (Å²) in [6.45, 7) is 7.39. The highest BCUT2D eigenvalue weighted by molar-refractivity contribution is 6.01. The molecule has 6 nitrogen and oxygen atoms in total. The number of aryl methyl sites for hydroxylation is 1. The molecule has 0 aliphatic carbocycles. The minimum absolute atomic E-state index is 0.0525. The summed E-state index contributed by atoms with van der Waals surface area (Å²) in [5, 5.41) is 0. The predicted octanol–water partition coefficient (Wildman–Crippen LogP) is 8.39. The van der Waals surface area contributed by atoms with Gasteiger partial charge in [-0.15, -0.1) is 0 Å². The summed E-state index contributed by atoms with van der Waals surface area (Å²) >= 11 is 0. The monoisotopic (exact) mass is 633 g/mol. The molecule has 2 heterocycles. The van der Waals surface area contributed by atoms with Crippen LogP contribution in [0.25, 0.3) is 16.7 Å². The molecule has 0 atom stereocenters. The van der Waals surface area contributed by atoms with Gasteiger partial charge in [0.05, 0.1) is 22.4 Å². The normalized spacial score (nSPS) is 14.2. The lowest BCUT2D eigenvalue weighted by molar-refractivity contribution is -0.143. The van der Waals surface area contributed by atoms with Crippen molar-refractivity contribution in [1.82, 2.24) is 14.8 Å². The van der Waals surface area contributed by atoms with Gasteiger partial charge in [-0.1, -0.05) is 30.3 Å². The molecule has 240 valence electrons. The van der Waals surface area contributed by atoms with Crippen LogP contribution in [0.3, 0.4) is 0 Å². The summed E-state index contributed by atoms with van der Waals surface area (Å²) in [5.41, 5.74) is -0.257. The fourth-order valence-electron chi connectivity index (χ4n) is 4.96. The largest absolute Gasteiger partial charge is 0.444 e. The van der Waals surface area contributed by atoms with E-state index in [1.165, 1.54) is 13.2 Å². The number of alkyl halides is 6. The quantitative estimate of drug-likeness (QED) is 0.265. The van der Waals surface area contributed by atoms with E-state index in [1.54, 1.807) is 37.8 Å². The van der Waals surface area contributed by atoms with Gasteiger partial charge < -0.3 is 14.5 Å². The molecule has 0 radical (unpaired) electrons. The molecule has 0 unspecified atom stereocenters. The second kappa shape index (κ2) is 12.6. The summed E-state index contributed by atoms with van der Waals surface area (Å²) in [7, 11) is 1.31. The zero-order chi connectivity index (χ0) is 33.3. The molecule has 45 heavy (non-hydrogen) atoms. The highest BCUT2D eigenvalue weighted by Gasteiger charge is 2.37. The number of carbonyl (C=O) groups excluding carboxylic acids is 2. The van der Waals surface area contributed by atoms with E-state index in [9.17, 15) is 35.9 Å². The average Bonchev–Trinajstić information content (AvgIpc) is 2.95. The Morgan fingerprint density at radius 2 is 1.56 bits per heavy atom. The summed E-state index contributed by atoms with van der Waals surface area (Å²) in [6, 6.07) is 10.3. The first-order chi connectivity index (χ1) is 20.8. The van der Waals surface area contributed by atoms with Crippen LogP contribution in [-0.4, -0.2) is 52.5 Å². The van der Waals surface area contributed by atoms with Crippen LogP contribution in [0.5, 0.6) is 0 Å². The van der Waals surface area contributed by atoms with E-state index in [1.807, 2.05) is 31.2 Å². The van der Waals surface area contributed by atoms with Gasteiger partial charge in [-0.3, -0.25) is 9.78 Å². The first-order valence-corrected chi connectivity index (χ1v) is 14.1. The van der Waals surface area contributed by atoms with Gasteiger partial charge in [-0.05, 0) is 86.2 Å². The Balaban J connectivity index is 1.67. The standard InChI is InChI=1S/C33H33F6N3O3/c1-20-8-6-7-9-25(20)26-17-28(22-10-12-42(13-11-22)30(44)45-31(2,3)4)40-18-27(26)29(43)41(5)19-21-14-23(32(34,35)36)16-24(15-21)33(37,38)39/h6-10,14-18H,11-13,19H2,1-5H3. The van der Waals surface area contributed by atoms with Crippen molar-refractivity contribution in [3.63, 3.8) is 0 Å². The molecule has 0 saturated heterocycles. The highest BCUT2D eigenvalue weighted by Crippen LogP contribution is 2.37. The molecular formula is C33H33F6N3O3. The van der Waals surface area contributed by atoms with Gasteiger partial charge >= 0.3 is 18.4 Å². The van der Waals surface area contributed by atoms with E-state index >= 15 is 0 Å². The third kappa shape index (κ3) is 8.23. The molecule has 0 saturated carbocycles. The number of halogens is 6. The Labute approximate surface area is 257 Å². The van der Waals surface area contributed by atoms with Gasteiger partial charge in [0.1, 0.15) is 5.60 Å². The van der Waals surface area contributed by atoms with E-state index in [2.05, 4.69) is 4.98 Å². The van der Waals surface area contributed by atoms with Gasteiger partial charge in [0.15, 0.2) is 0 Å². The van der Waals surface area contributed by atoms with Gasteiger partial charge in [-0.2, -0.15) is 26.3 Å². The number of hydrogen-bond donors (Lipinski definition) is 0. The molecule has 1 aliphatic rings. The maximum absolute atomic E-state index is 13.7. The maximum atomic E-state index is 13.7. The number of nitrogens with zero attached hydrogens (tertiary/aromatic N) is 3. The molecule has 0 fully saturated rings. The first kappa shape index (κ1) is 33.5. The minimum atomic E-state index is -5.01.